The maximum absolute atomic E-state index is 11.5. The molecule has 1 aliphatic rings. The van der Waals surface area contributed by atoms with Crippen molar-refractivity contribution in [3.8, 4) is 0 Å². The number of carbonyl (C=O) groups excluding carboxylic acids is 1. The molecule has 4 heteroatoms. The van der Waals surface area contributed by atoms with Crippen LogP contribution >= 0.6 is 0 Å². The van der Waals surface area contributed by atoms with Crippen molar-refractivity contribution in [2.24, 2.45) is 17.3 Å². The first-order valence-electron chi connectivity index (χ1n) is 4.68. The van der Waals surface area contributed by atoms with Crippen LogP contribution in [0.3, 0.4) is 0 Å². The van der Waals surface area contributed by atoms with Gasteiger partial charge in [0.1, 0.15) is 0 Å². The standard InChI is InChI=1S/C10H18O4/c1-6-7(8(12-3)13-4)10(6,2)9(11)14-5/h6-8H,1-5H3. The summed E-state index contributed by atoms with van der Waals surface area (Å²) in [7, 11) is 4.57. The van der Waals surface area contributed by atoms with Gasteiger partial charge in [-0.25, -0.2) is 0 Å². The zero-order chi connectivity index (χ0) is 10.9. The number of methoxy groups -OCH3 is 3. The molecule has 0 aromatic rings. The van der Waals surface area contributed by atoms with Crippen LogP contribution in [-0.2, 0) is 19.0 Å². The average Bonchev–Trinajstić information content (AvgIpc) is 2.74. The van der Waals surface area contributed by atoms with E-state index in [2.05, 4.69) is 0 Å². The van der Waals surface area contributed by atoms with Crippen LogP contribution in [0.4, 0.5) is 0 Å². The minimum atomic E-state index is -0.453. The Morgan fingerprint density at radius 1 is 1.29 bits per heavy atom. The lowest BCUT2D eigenvalue weighted by Crippen LogP contribution is -2.24. The van der Waals surface area contributed by atoms with Gasteiger partial charge in [-0.3, -0.25) is 4.79 Å². The van der Waals surface area contributed by atoms with Crippen molar-refractivity contribution in [1.82, 2.24) is 0 Å². The van der Waals surface area contributed by atoms with Crippen LogP contribution in [0.2, 0.25) is 0 Å². The minimum absolute atomic E-state index is 0.0879. The summed E-state index contributed by atoms with van der Waals surface area (Å²) in [5.74, 6) is 0.138. The smallest absolute Gasteiger partial charge is 0.312 e. The highest BCUT2D eigenvalue weighted by Crippen LogP contribution is 2.61. The first kappa shape index (κ1) is 11.5. The van der Waals surface area contributed by atoms with Gasteiger partial charge >= 0.3 is 5.97 Å². The van der Waals surface area contributed by atoms with Gasteiger partial charge in [-0.15, -0.1) is 0 Å². The Morgan fingerprint density at radius 2 is 1.79 bits per heavy atom. The first-order valence-corrected chi connectivity index (χ1v) is 4.68. The van der Waals surface area contributed by atoms with Crippen LogP contribution in [-0.4, -0.2) is 33.6 Å². The molecule has 0 bridgehead atoms. The zero-order valence-corrected chi connectivity index (χ0v) is 9.37. The predicted octanol–water partition coefficient (Wildman–Crippen LogP) is 1.05. The SMILES string of the molecule is COC(=O)C1(C)C(C)C1C(OC)OC. The van der Waals surface area contributed by atoms with Gasteiger partial charge in [0.25, 0.3) is 0 Å². The fourth-order valence-electron chi connectivity index (χ4n) is 2.22. The summed E-state index contributed by atoms with van der Waals surface area (Å²) in [4.78, 5) is 11.5. The molecule has 1 fully saturated rings. The Kier molecular flexibility index (Phi) is 3.17. The summed E-state index contributed by atoms with van der Waals surface area (Å²) >= 11 is 0. The Hall–Kier alpha value is -0.610. The highest BCUT2D eigenvalue weighted by molar-refractivity contribution is 5.80. The van der Waals surface area contributed by atoms with Gasteiger partial charge in [-0.1, -0.05) is 6.92 Å². The van der Waals surface area contributed by atoms with Crippen LogP contribution in [0.5, 0.6) is 0 Å². The molecule has 0 N–H and O–H groups in total. The fourth-order valence-corrected chi connectivity index (χ4v) is 2.22. The van der Waals surface area contributed by atoms with E-state index in [-0.39, 0.29) is 24.1 Å². The Labute approximate surface area is 84.5 Å². The summed E-state index contributed by atoms with van der Waals surface area (Å²) in [6.45, 7) is 3.89. The molecule has 82 valence electrons. The maximum atomic E-state index is 11.5. The van der Waals surface area contributed by atoms with Crippen molar-refractivity contribution in [3.63, 3.8) is 0 Å². The average molecular weight is 202 g/mol. The summed E-state index contributed by atoms with van der Waals surface area (Å²) in [6, 6.07) is 0. The van der Waals surface area contributed by atoms with Gasteiger partial charge in [0.2, 0.25) is 0 Å². The van der Waals surface area contributed by atoms with Crippen molar-refractivity contribution in [1.29, 1.82) is 0 Å². The van der Waals surface area contributed by atoms with E-state index in [1.54, 1.807) is 14.2 Å². The largest absolute Gasteiger partial charge is 0.469 e. The van der Waals surface area contributed by atoms with E-state index in [0.29, 0.717) is 0 Å². The second kappa shape index (κ2) is 3.87. The van der Waals surface area contributed by atoms with Crippen molar-refractivity contribution >= 4 is 5.97 Å². The third kappa shape index (κ3) is 1.42. The molecule has 0 radical (unpaired) electrons. The molecule has 0 aromatic carbocycles. The van der Waals surface area contributed by atoms with E-state index in [1.807, 2.05) is 13.8 Å². The maximum Gasteiger partial charge on any atom is 0.312 e. The highest BCUT2D eigenvalue weighted by Gasteiger charge is 2.68. The van der Waals surface area contributed by atoms with Gasteiger partial charge in [0, 0.05) is 20.1 Å². The van der Waals surface area contributed by atoms with Gasteiger partial charge in [0.05, 0.1) is 12.5 Å². The van der Waals surface area contributed by atoms with Crippen LogP contribution < -0.4 is 0 Å². The van der Waals surface area contributed by atoms with E-state index in [0.717, 1.165) is 0 Å². The molecule has 1 aliphatic carbocycles. The molecule has 0 amide bonds. The molecule has 0 saturated heterocycles. The van der Waals surface area contributed by atoms with Crippen molar-refractivity contribution in [3.05, 3.63) is 0 Å². The third-order valence-electron chi connectivity index (χ3n) is 3.45. The summed E-state index contributed by atoms with van der Waals surface area (Å²) < 4.78 is 15.1. The van der Waals surface area contributed by atoms with Gasteiger partial charge < -0.3 is 14.2 Å². The molecular formula is C10H18O4. The lowest BCUT2D eigenvalue weighted by Gasteiger charge is -2.15. The van der Waals surface area contributed by atoms with E-state index >= 15 is 0 Å². The molecule has 14 heavy (non-hydrogen) atoms. The lowest BCUT2D eigenvalue weighted by molar-refractivity contribution is -0.154. The number of esters is 1. The van der Waals surface area contributed by atoms with Crippen LogP contribution in [0.15, 0.2) is 0 Å². The Balaban J connectivity index is 2.72. The van der Waals surface area contributed by atoms with Crippen molar-refractivity contribution in [2.45, 2.75) is 20.1 Å². The minimum Gasteiger partial charge on any atom is -0.469 e. The Morgan fingerprint density at radius 3 is 2.14 bits per heavy atom. The molecule has 0 aromatic heterocycles. The van der Waals surface area contributed by atoms with Crippen LogP contribution in [0.25, 0.3) is 0 Å². The second-order valence-electron chi connectivity index (χ2n) is 3.93. The lowest BCUT2D eigenvalue weighted by atomic mass is 10.1. The number of rotatable bonds is 4. The highest BCUT2D eigenvalue weighted by atomic mass is 16.7. The van der Waals surface area contributed by atoms with E-state index in [4.69, 9.17) is 14.2 Å². The van der Waals surface area contributed by atoms with Crippen LogP contribution in [0.1, 0.15) is 13.8 Å². The Bertz CT molecular complexity index is 224. The second-order valence-corrected chi connectivity index (χ2v) is 3.93. The van der Waals surface area contributed by atoms with Gasteiger partial charge in [-0.2, -0.15) is 0 Å². The number of hydrogen-bond donors (Lipinski definition) is 0. The summed E-state index contributed by atoms with van der Waals surface area (Å²) in [5.41, 5.74) is -0.453. The third-order valence-corrected chi connectivity index (χ3v) is 3.45. The van der Waals surface area contributed by atoms with E-state index in [1.165, 1.54) is 7.11 Å². The normalized spacial score (nSPS) is 35.9. The van der Waals surface area contributed by atoms with Crippen molar-refractivity contribution < 1.29 is 19.0 Å². The molecule has 1 rings (SSSR count). The summed E-state index contributed by atoms with van der Waals surface area (Å²) in [5, 5.41) is 0. The molecule has 4 nitrogen and oxygen atoms in total. The molecule has 0 heterocycles. The topological polar surface area (TPSA) is 44.8 Å². The molecular weight excluding hydrogens is 184 g/mol. The van der Waals surface area contributed by atoms with E-state index < -0.39 is 5.41 Å². The van der Waals surface area contributed by atoms with Gasteiger partial charge in [0.15, 0.2) is 6.29 Å². The number of carbonyl (C=O) groups is 1. The number of hydrogen-bond acceptors (Lipinski definition) is 4. The molecule has 3 unspecified atom stereocenters. The molecule has 0 aliphatic heterocycles. The molecule has 3 atom stereocenters. The quantitative estimate of drug-likeness (QED) is 0.505. The monoisotopic (exact) mass is 202 g/mol. The van der Waals surface area contributed by atoms with Crippen molar-refractivity contribution in [2.75, 3.05) is 21.3 Å². The molecule has 1 saturated carbocycles. The first-order chi connectivity index (χ1) is 6.53. The summed E-state index contributed by atoms with van der Waals surface area (Å²) in [6.07, 6.45) is -0.325. The van der Waals surface area contributed by atoms with E-state index in [9.17, 15) is 4.79 Å². The molecule has 0 spiro atoms. The van der Waals surface area contributed by atoms with Gasteiger partial charge in [-0.05, 0) is 12.8 Å². The van der Waals surface area contributed by atoms with Crippen LogP contribution in [0, 0.1) is 17.3 Å². The number of ether oxygens (including phenoxy) is 3. The predicted molar refractivity (Wildman–Crippen MR) is 50.6 cm³/mol. The fraction of sp³-hybridized carbons (Fsp3) is 0.900. The zero-order valence-electron chi connectivity index (χ0n) is 9.37.